The van der Waals surface area contributed by atoms with Crippen LogP contribution in [0.1, 0.15) is 25.1 Å². The Morgan fingerprint density at radius 2 is 2.10 bits per heavy atom. The van der Waals surface area contributed by atoms with Gasteiger partial charge in [-0.05, 0) is 25.3 Å². The summed E-state index contributed by atoms with van der Waals surface area (Å²) < 4.78 is 5.62. The van der Waals surface area contributed by atoms with Gasteiger partial charge in [-0.3, -0.25) is 0 Å². The number of hydrogen-bond acceptors (Lipinski definition) is 6. The molecule has 0 amide bonds. The average molecular weight is 308 g/mol. The molecule has 0 unspecified atom stereocenters. The second-order valence-electron chi connectivity index (χ2n) is 5.44. The predicted molar refractivity (Wildman–Crippen MR) is 90.5 cm³/mol. The molecule has 116 valence electrons. The summed E-state index contributed by atoms with van der Waals surface area (Å²) in [5.41, 5.74) is 0. The van der Waals surface area contributed by atoms with Gasteiger partial charge in [0.25, 0.3) is 0 Å². The Bertz CT molecular complexity index is 582. The van der Waals surface area contributed by atoms with Gasteiger partial charge < -0.3 is 15.4 Å². The molecule has 0 spiro atoms. The number of fused-ring (bicyclic) bond motifs is 1. The van der Waals surface area contributed by atoms with Crippen LogP contribution in [0.25, 0.3) is 10.2 Å². The molecule has 2 heterocycles. The van der Waals surface area contributed by atoms with Crippen molar-refractivity contribution < 1.29 is 4.74 Å². The highest BCUT2D eigenvalue weighted by atomic mass is 32.1. The summed E-state index contributed by atoms with van der Waals surface area (Å²) in [6.45, 7) is 8.76. The fraction of sp³-hybridized carbons (Fsp3) is 0.600. The van der Waals surface area contributed by atoms with Gasteiger partial charge >= 0.3 is 0 Å². The minimum absolute atomic E-state index is 0.646. The van der Waals surface area contributed by atoms with Gasteiger partial charge in [0, 0.05) is 25.1 Å². The highest BCUT2D eigenvalue weighted by Gasteiger charge is 2.09. The Morgan fingerprint density at radius 3 is 2.81 bits per heavy atom. The monoisotopic (exact) mass is 308 g/mol. The van der Waals surface area contributed by atoms with Gasteiger partial charge in [-0.25, -0.2) is 4.98 Å². The third kappa shape index (κ3) is 4.54. The number of thiophene rings is 1. The molecule has 0 radical (unpaired) electrons. The summed E-state index contributed by atoms with van der Waals surface area (Å²) in [6.07, 6.45) is 1.10. The number of ether oxygens (including phenoxy) is 1. The maximum atomic E-state index is 5.62. The lowest BCUT2D eigenvalue weighted by molar-refractivity contribution is 0.132. The van der Waals surface area contributed by atoms with E-state index in [1.54, 1.807) is 11.3 Å². The summed E-state index contributed by atoms with van der Waals surface area (Å²) in [5.74, 6) is 2.21. The van der Waals surface area contributed by atoms with Crippen LogP contribution in [0.15, 0.2) is 6.07 Å². The van der Waals surface area contributed by atoms with Crippen molar-refractivity contribution in [3.8, 4) is 0 Å². The van der Waals surface area contributed by atoms with Crippen molar-refractivity contribution in [1.82, 2.24) is 9.97 Å². The maximum absolute atomic E-state index is 5.62. The van der Waals surface area contributed by atoms with Crippen LogP contribution < -0.4 is 10.6 Å². The zero-order chi connectivity index (χ0) is 15.2. The quantitative estimate of drug-likeness (QED) is 0.731. The molecule has 2 N–H and O–H groups in total. The molecule has 0 saturated carbocycles. The van der Waals surface area contributed by atoms with Crippen LogP contribution in [-0.4, -0.2) is 36.8 Å². The van der Waals surface area contributed by atoms with Gasteiger partial charge in [0.2, 0.25) is 5.95 Å². The Hall–Kier alpha value is -1.40. The van der Waals surface area contributed by atoms with Crippen LogP contribution in [-0.2, 0) is 4.74 Å². The van der Waals surface area contributed by atoms with Crippen molar-refractivity contribution in [3.05, 3.63) is 10.9 Å². The smallest absolute Gasteiger partial charge is 0.225 e. The summed E-state index contributed by atoms with van der Waals surface area (Å²) in [4.78, 5) is 11.2. The van der Waals surface area contributed by atoms with Crippen molar-refractivity contribution in [3.63, 3.8) is 0 Å². The minimum Gasteiger partial charge on any atom is -0.380 e. The standard InChI is InChI=1S/C15H24N4OS/c1-10(2)5-7-20-8-6-17-13-12-9-11(3)21-14(12)19-15(16-4)18-13/h9-10H,5-8H2,1-4H3,(H2,16,17,18,19). The lowest BCUT2D eigenvalue weighted by atomic mass is 10.1. The molecule has 2 rings (SSSR count). The van der Waals surface area contributed by atoms with E-state index < -0.39 is 0 Å². The van der Waals surface area contributed by atoms with Crippen LogP contribution in [0.5, 0.6) is 0 Å². The summed E-state index contributed by atoms with van der Waals surface area (Å²) in [5, 5.41) is 7.44. The molecule has 0 aliphatic heterocycles. The number of anilines is 2. The van der Waals surface area contributed by atoms with Gasteiger partial charge in [-0.1, -0.05) is 13.8 Å². The van der Waals surface area contributed by atoms with Crippen LogP contribution in [0, 0.1) is 12.8 Å². The third-order valence-electron chi connectivity index (χ3n) is 3.12. The lowest BCUT2D eigenvalue weighted by Crippen LogP contribution is -2.12. The molecule has 0 fully saturated rings. The van der Waals surface area contributed by atoms with E-state index in [4.69, 9.17) is 4.74 Å². The van der Waals surface area contributed by atoms with Crippen LogP contribution in [0.3, 0.4) is 0 Å². The number of nitrogens with zero attached hydrogens (tertiary/aromatic N) is 2. The fourth-order valence-corrected chi connectivity index (χ4v) is 2.83. The molecule has 6 heteroatoms. The third-order valence-corrected chi connectivity index (χ3v) is 4.06. The molecule has 0 atom stereocenters. The molecule has 0 bridgehead atoms. The molecule has 0 aliphatic carbocycles. The number of aryl methyl sites for hydroxylation is 1. The molecule has 2 aromatic rings. The van der Waals surface area contributed by atoms with Crippen LogP contribution in [0.2, 0.25) is 0 Å². The first kappa shape index (κ1) is 16.0. The van der Waals surface area contributed by atoms with Crippen molar-refractivity contribution in [2.75, 3.05) is 37.4 Å². The Labute approximate surface area is 130 Å². The van der Waals surface area contributed by atoms with Gasteiger partial charge in [0.1, 0.15) is 10.6 Å². The lowest BCUT2D eigenvalue weighted by Gasteiger charge is -2.09. The van der Waals surface area contributed by atoms with E-state index in [0.29, 0.717) is 18.5 Å². The number of rotatable bonds is 8. The Balaban J connectivity index is 1.94. The zero-order valence-corrected chi connectivity index (χ0v) is 14.0. The molecule has 0 aromatic carbocycles. The number of hydrogen-bond donors (Lipinski definition) is 2. The average Bonchev–Trinajstić information content (AvgIpc) is 2.82. The van der Waals surface area contributed by atoms with Crippen LogP contribution in [0.4, 0.5) is 11.8 Å². The molecule has 2 aromatic heterocycles. The highest BCUT2D eigenvalue weighted by Crippen LogP contribution is 2.29. The van der Waals surface area contributed by atoms with Crippen molar-refractivity contribution in [1.29, 1.82) is 0 Å². The van der Waals surface area contributed by atoms with Gasteiger partial charge in [-0.2, -0.15) is 4.98 Å². The SMILES string of the molecule is CNc1nc(NCCOCCC(C)C)c2cc(C)sc2n1. The van der Waals surface area contributed by atoms with Crippen LogP contribution >= 0.6 is 11.3 Å². The molecule has 5 nitrogen and oxygen atoms in total. The van der Waals surface area contributed by atoms with Gasteiger partial charge in [0.15, 0.2) is 0 Å². The van der Waals surface area contributed by atoms with E-state index in [-0.39, 0.29) is 0 Å². The van der Waals surface area contributed by atoms with Crippen molar-refractivity contribution >= 4 is 33.3 Å². The fourth-order valence-electron chi connectivity index (χ4n) is 1.95. The van der Waals surface area contributed by atoms with E-state index in [0.717, 1.165) is 35.6 Å². The summed E-state index contributed by atoms with van der Waals surface area (Å²) >= 11 is 1.68. The molecule has 0 saturated heterocycles. The number of aromatic nitrogens is 2. The molecule has 0 aliphatic rings. The predicted octanol–water partition coefficient (Wildman–Crippen LogP) is 3.52. The maximum Gasteiger partial charge on any atom is 0.225 e. The van der Waals surface area contributed by atoms with Gasteiger partial charge in [0.05, 0.1) is 12.0 Å². The van der Waals surface area contributed by atoms with E-state index in [1.165, 1.54) is 4.88 Å². The van der Waals surface area contributed by atoms with Crippen molar-refractivity contribution in [2.24, 2.45) is 5.92 Å². The topological polar surface area (TPSA) is 59.1 Å². The molecule has 21 heavy (non-hydrogen) atoms. The first-order chi connectivity index (χ1) is 10.1. The highest BCUT2D eigenvalue weighted by molar-refractivity contribution is 7.18. The first-order valence-electron chi connectivity index (χ1n) is 7.37. The van der Waals surface area contributed by atoms with E-state index >= 15 is 0 Å². The molecular formula is C15H24N4OS. The Morgan fingerprint density at radius 1 is 1.29 bits per heavy atom. The molecular weight excluding hydrogens is 284 g/mol. The summed E-state index contributed by atoms with van der Waals surface area (Å²) in [6, 6.07) is 2.13. The van der Waals surface area contributed by atoms with Crippen molar-refractivity contribution in [2.45, 2.75) is 27.2 Å². The Kier molecular flexibility index (Phi) is 5.76. The van der Waals surface area contributed by atoms with Gasteiger partial charge in [-0.15, -0.1) is 11.3 Å². The van der Waals surface area contributed by atoms with E-state index in [1.807, 2.05) is 7.05 Å². The number of nitrogens with one attached hydrogen (secondary N) is 2. The second-order valence-corrected chi connectivity index (χ2v) is 6.68. The van der Waals surface area contributed by atoms with E-state index in [9.17, 15) is 0 Å². The normalized spacial score (nSPS) is 11.3. The second kappa shape index (κ2) is 7.56. The first-order valence-corrected chi connectivity index (χ1v) is 8.19. The minimum atomic E-state index is 0.646. The van der Waals surface area contributed by atoms with E-state index in [2.05, 4.69) is 47.4 Å². The zero-order valence-electron chi connectivity index (χ0n) is 13.2. The summed E-state index contributed by atoms with van der Waals surface area (Å²) in [7, 11) is 1.83. The largest absolute Gasteiger partial charge is 0.380 e.